The summed E-state index contributed by atoms with van der Waals surface area (Å²) in [6.45, 7) is 6.41. The number of ether oxygens (including phenoxy) is 1. The molecule has 0 unspecified atom stereocenters. The number of carbonyl (C=O) groups excluding carboxylic acids is 1. The van der Waals surface area contributed by atoms with Crippen molar-refractivity contribution in [2.75, 3.05) is 12.4 Å². The van der Waals surface area contributed by atoms with E-state index in [4.69, 9.17) is 4.74 Å². The van der Waals surface area contributed by atoms with Gasteiger partial charge >= 0.3 is 0 Å². The van der Waals surface area contributed by atoms with Gasteiger partial charge in [0, 0.05) is 16.1 Å². The minimum Gasteiger partial charge on any atom is -0.497 e. The zero-order valence-corrected chi connectivity index (χ0v) is 18.8. The molecule has 0 spiro atoms. The molecule has 2 aromatic heterocycles. The molecular weight excluding hydrogens is 408 g/mol. The normalized spacial score (nSPS) is 10.8. The lowest BCUT2D eigenvalue weighted by atomic mass is 10.1. The predicted octanol–water partition coefficient (Wildman–Crippen LogP) is 5.24. The molecule has 0 bridgehead atoms. The second-order valence-corrected chi connectivity index (χ2v) is 8.50. The molecule has 0 aliphatic rings. The van der Waals surface area contributed by atoms with E-state index >= 15 is 0 Å². The number of rotatable bonds is 6. The first kappa shape index (κ1) is 20.8. The van der Waals surface area contributed by atoms with Gasteiger partial charge in [0.25, 0.3) is 5.91 Å². The zero-order valence-electron chi connectivity index (χ0n) is 18.0. The summed E-state index contributed by atoms with van der Waals surface area (Å²) >= 11 is 1.46. The molecule has 0 fully saturated rings. The van der Waals surface area contributed by atoms with E-state index in [1.807, 2.05) is 67.9 Å². The van der Waals surface area contributed by atoms with Crippen LogP contribution in [0.3, 0.4) is 0 Å². The molecule has 31 heavy (non-hydrogen) atoms. The predicted molar refractivity (Wildman–Crippen MR) is 124 cm³/mol. The van der Waals surface area contributed by atoms with E-state index in [-0.39, 0.29) is 5.91 Å². The van der Waals surface area contributed by atoms with Gasteiger partial charge in [0.05, 0.1) is 30.6 Å². The number of amides is 1. The quantitative estimate of drug-likeness (QED) is 0.452. The fourth-order valence-electron chi connectivity index (χ4n) is 3.56. The average molecular weight is 433 g/mol. The first-order valence-electron chi connectivity index (χ1n) is 9.97. The molecule has 0 radical (unpaired) electrons. The van der Waals surface area contributed by atoms with Gasteiger partial charge in [-0.1, -0.05) is 30.3 Å². The highest BCUT2D eigenvalue weighted by atomic mass is 32.1. The number of hydrogen-bond donors (Lipinski definition) is 1. The minimum atomic E-state index is -0.190. The van der Waals surface area contributed by atoms with Crippen molar-refractivity contribution in [3.63, 3.8) is 0 Å². The van der Waals surface area contributed by atoms with Crippen molar-refractivity contribution >= 4 is 22.4 Å². The third-order valence-electron chi connectivity index (χ3n) is 5.16. The molecule has 4 aromatic rings. The van der Waals surface area contributed by atoms with Crippen molar-refractivity contribution in [2.45, 2.75) is 27.3 Å². The average Bonchev–Trinajstić information content (AvgIpc) is 3.27. The molecule has 7 heteroatoms. The highest BCUT2D eigenvalue weighted by molar-refractivity contribution is 7.16. The van der Waals surface area contributed by atoms with Crippen LogP contribution in [0.25, 0.3) is 11.3 Å². The Morgan fingerprint density at radius 2 is 1.77 bits per heavy atom. The van der Waals surface area contributed by atoms with Gasteiger partial charge in [-0.25, -0.2) is 4.98 Å². The highest BCUT2D eigenvalue weighted by Gasteiger charge is 2.21. The monoisotopic (exact) mass is 432 g/mol. The standard InChI is InChI=1S/C24H24N4O2S/c1-15-21(16(2)28(27-15)14-18-8-6-5-7-9-18)23(29)26-24-25-22(17(3)31-24)19-10-12-20(30-4)13-11-19/h5-13H,14H2,1-4H3,(H,25,26,29). The van der Waals surface area contributed by atoms with E-state index in [1.54, 1.807) is 7.11 Å². The highest BCUT2D eigenvalue weighted by Crippen LogP contribution is 2.31. The maximum absolute atomic E-state index is 13.0. The molecule has 2 heterocycles. The van der Waals surface area contributed by atoms with E-state index in [0.717, 1.165) is 33.1 Å². The Balaban J connectivity index is 1.55. The molecule has 1 N–H and O–H groups in total. The van der Waals surface area contributed by atoms with Gasteiger partial charge in [-0.15, -0.1) is 11.3 Å². The van der Waals surface area contributed by atoms with Crippen LogP contribution in [-0.4, -0.2) is 27.8 Å². The maximum atomic E-state index is 13.0. The zero-order chi connectivity index (χ0) is 22.0. The van der Waals surface area contributed by atoms with Crippen LogP contribution in [0.1, 0.15) is 32.2 Å². The summed E-state index contributed by atoms with van der Waals surface area (Å²) in [5, 5.41) is 8.12. The molecule has 2 aromatic carbocycles. The van der Waals surface area contributed by atoms with E-state index in [0.29, 0.717) is 22.9 Å². The van der Waals surface area contributed by atoms with E-state index in [2.05, 4.69) is 27.5 Å². The third kappa shape index (κ3) is 4.36. The van der Waals surface area contributed by atoms with Crippen LogP contribution in [0.2, 0.25) is 0 Å². The first-order valence-corrected chi connectivity index (χ1v) is 10.8. The largest absolute Gasteiger partial charge is 0.497 e. The van der Waals surface area contributed by atoms with E-state index in [9.17, 15) is 4.79 Å². The molecule has 6 nitrogen and oxygen atoms in total. The van der Waals surface area contributed by atoms with Crippen LogP contribution in [0.5, 0.6) is 5.75 Å². The SMILES string of the molecule is COc1ccc(-c2nc(NC(=O)c3c(C)nn(Cc4ccccc4)c3C)sc2C)cc1. The molecular formula is C24H24N4O2S. The fourth-order valence-corrected chi connectivity index (χ4v) is 4.39. The summed E-state index contributed by atoms with van der Waals surface area (Å²) in [5.74, 6) is 0.605. The maximum Gasteiger partial charge on any atom is 0.261 e. The number of hydrogen-bond acceptors (Lipinski definition) is 5. The Labute approximate surface area is 185 Å². The number of nitrogens with one attached hydrogen (secondary N) is 1. The van der Waals surface area contributed by atoms with Crippen LogP contribution in [0.4, 0.5) is 5.13 Å². The van der Waals surface area contributed by atoms with Crippen molar-refractivity contribution in [3.8, 4) is 17.0 Å². The lowest BCUT2D eigenvalue weighted by molar-refractivity contribution is 0.102. The summed E-state index contributed by atoms with van der Waals surface area (Å²) in [6.07, 6.45) is 0. The molecule has 4 rings (SSSR count). The van der Waals surface area contributed by atoms with Gasteiger partial charge in [0.2, 0.25) is 0 Å². The van der Waals surface area contributed by atoms with Gasteiger partial charge in [0.1, 0.15) is 5.75 Å². The molecule has 1 amide bonds. The fraction of sp³-hybridized carbons (Fsp3) is 0.208. The molecule has 0 aliphatic heterocycles. The van der Waals surface area contributed by atoms with Crippen molar-refractivity contribution in [1.82, 2.24) is 14.8 Å². The van der Waals surface area contributed by atoms with Crippen LogP contribution in [-0.2, 0) is 6.54 Å². The number of methoxy groups -OCH3 is 1. The molecule has 0 atom stereocenters. The van der Waals surface area contributed by atoms with Gasteiger partial charge in [-0.05, 0) is 50.6 Å². The smallest absolute Gasteiger partial charge is 0.261 e. The first-order chi connectivity index (χ1) is 15.0. The number of thiazole rings is 1. The van der Waals surface area contributed by atoms with Crippen molar-refractivity contribution in [3.05, 3.63) is 82.0 Å². The second-order valence-electron chi connectivity index (χ2n) is 7.30. The minimum absolute atomic E-state index is 0.190. The van der Waals surface area contributed by atoms with Gasteiger partial charge in [0.15, 0.2) is 5.13 Å². The molecule has 0 saturated carbocycles. The van der Waals surface area contributed by atoms with Crippen molar-refractivity contribution in [2.24, 2.45) is 0 Å². The van der Waals surface area contributed by atoms with Crippen LogP contribution >= 0.6 is 11.3 Å². The summed E-state index contributed by atoms with van der Waals surface area (Å²) in [7, 11) is 1.64. The van der Waals surface area contributed by atoms with E-state index < -0.39 is 0 Å². The number of aryl methyl sites for hydroxylation is 2. The topological polar surface area (TPSA) is 69.0 Å². The molecule has 0 aliphatic carbocycles. The third-order valence-corrected chi connectivity index (χ3v) is 6.05. The summed E-state index contributed by atoms with van der Waals surface area (Å²) in [5.41, 5.74) is 5.11. The number of carbonyl (C=O) groups is 1. The lowest BCUT2D eigenvalue weighted by Crippen LogP contribution is -2.14. The van der Waals surface area contributed by atoms with Gasteiger partial charge < -0.3 is 4.74 Å². The Bertz CT molecular complexity index is 1210. The Morgan fingerprint density at radius 3 is 2.45 bits per heavy atom. The number of benzene rings is 2. The number of anilines is 1. The Kier molecular flexibility index (Phi) is 5.86. The number of nitrogens with zero attached hydrogens (tertiary/aromatic N) is 3. The van der Waals surface area contributed by atoms with Crippen molar-refractivity contribution in [1.29, 1.82) is 0 Å². The Morgan fingerprint density at radius 1 is 1.06 bits per heavy atom. The summed E-state index contributed by atoms with van der Waals surface area (Å²) in [4.78, 5) is 18.7. The summed E-state index contributed by atoms with van der Waals surface area (Å²) < 4.78 is 7.09. The summed E-state index contributed by atoms with van der Waals surface area (Å²) in [6, 6.07) is 17.8. The van der Waals surface area contributed by atoms with Crippen molar-refractivity contribution < 1.29 is 9.53 Å². The molecule has 158 valence electrons. The van der Waals surface area contributed by atoms with Gasteiger partial charge in [-0.3, -0.25) is 14.8 Å². The number of aromatic nitrogens is 3. The Hall–Kier alpha value is -3.45. The van der Waals surface area contributed by atoms with Gasteiger partial charge in [-0.2, -0.15) is 5.10 Å². The van der Waals surface area contributed by atoms with E-state index in [1.165, 1.54) is 11.3 Å². The lowest BCUT2D eigenvalue weighted by Gasteiger charge is -2.06. The van der Waals surface area contributed by atoms with Crippen LogP contribution in [0, 0.1) is 20.8 Å². The van der Waals surface area contributed by atoms with Crippen LogP contribution < -0.4 is 10.1 Å². The molecule has 0 saturated heterocycles. The van der Waals surface area contributed by atoms with Crippen LogP contribution in [0.15, 0.2) is 54.6 Å². The second kappa shape index (κ2) is 8.73.